The Morgan fingerprint density at radius 1 is 1.33 bits per heavy atom. The molecule has 0 atom stereocenters. The normalized spacial score (nSPS) is 11.5. The number of aromatic nitrogens is 3. The van der Waals surface area contributed by atoms with E-state index in [4.69, 9.17) is 5.73 Å². The highest BCUT2D eigenvalue weighted by molar-refractivity contribution is 7.99. The van der Waals surface area contributed by atoms with Gasteiger partial charge in [0.05, 0.1) is 4.90 Å². The van der Waals surface area contributed by atoms with Crippen molar-refractivity contribution in [2.75, 3.05) is 12.0 Å². The molecule has 0 radical (unpaired) electrons. The second-order valence-corrected chi connectivity index (χ2v) is 7.30. The lowest BCUT2D eigenvalue weighted by Crippen LogP contribution is -2.33. The maximum Gasteiger partial charge on any atom is 0.339 e. The molecule has 1 aromatic heterocycles. The highest BCUT2D eigenvalue weighted by Gasteiger charge is 2.12. The van der Waals surface area contributed by atoms with Gasteiger partial charge in [-0.15, -0.1) is 0 Å². The van der Waals surface area contributed by atoms with Crippen molar-refractivity contribution in [3.05, 3.63) is 38.9 Å². The van der Waals surface area contributed by atoms with E-state index in [0.717, 1.165) is 18.0 Å². The van der Waals surface area contributed by atoms with Gasteiger partial charge in [0, 0.05) is 23.9 Å². The molecular weight excluding hydrogens is 316 g/mol. The smallest absolute Gasteiger partial charge is 0.339 e. The van der Waals surface area contributed by atoms with Crippen LogP contribution in [0.4, 0.5) is 5.69 Å². The number of hydrogen-bond acceptors (Lipinski definition) is 7. The molecule has 2 aromatic rings. The summed E-state index contributed by atoms with van der Waals surface area (Å²) in [5.74, 6) is 0. The third kappa shape index (κ3) is 3.34. The van der Waals surface area contributed by atoms with E-state index in [0.29, 0.717) is 4.90 Å². The zero-order chi connectivity index (χ0) is 15.8. The Bertz CT molecular complexity index is 915. The van der Waals surface area contributed by atoms with E-state index in [1.54, 1.807) is 0 Å². The number of anilines is 1. The molecule has 0 aliphatic carbocycles. The summed E-state index contributed by atoms with van der Waals surface area (Å²) < 4.78 is 24.2. The van der Waals surface area contributed by atoms with Crippen LogP contribution in [0.2, 0.25) is 0 Å². The first-order valence-corrected chi connectivity index (χ1v) is 8.34. The fraction of sp³-hybridized carbons (Fsp3) is 0.182. The van der Waals surface area contributed by atoms with E-state index in [2.05, 4.69) is 10.1 Å². The lowest BCUT2D eigenvalue weighted by molar-refractivity contribution is 0.596. The lowest BCUT2D eigenvalue weighted by atomic mass is 10.3. The second-order valence-electron chi connectivity index (χ2n) is 4.27. The molecule has 0 amide bonds. The molecule has 0 unspecified atom stereocenters. The van der Waals surface area contributed by atoms with Gasteiger partial charge in [-0.05, 0) is 30.0 Å². The Morgan fingerprint density at radius 3 is 2.57 bits per heavy atom. The van der Waals surface area contributed by atoms with Crippen LogP contribution in [0.25, 0.3) is 0 Å². The van der Waals surface area contributed by atoms with Crippen molar-refractivity contribution in [3.63, 3.8) is 0 Å². The van der Waals surface area contributed by atoms with Crippen molar-refractivity contribution >= 4 is 27.3 Å². The van der Waals surface area contributed by atoms with Crippen LogP contribution in [0.1, 0.15) is 0 Å². The molecular formula is C11H12N4O4S2. The van der Waals surface area contributed by atoms with Crippen molar-refractivity contribution in [2.24, 2.45) is 7.05 Å². The molecule has 0 spiro atoms. The van der Waals surface area contributed by atoms with Crippen molar-refractivity contribution in [1.29, 1.82) is 0 Å². The molecule has 0 aliphatic rings. The van der Waals surface area contributed by atoms with Crippen molar-refractivity contribution in [1.82, 2.24) is 14.8 Å². The zero-order valence-corrected chi connectivity index (χ0v) is 12.8. The molecule has 0 saturated carbocycles. The van der Waals surface area contributed by atoms with Crippen molar-refractivity contribution < 1.29 is 8.42 Å². The SMILES string of the molecule is Cn1[nH]c(=O)c(=O)nc1Sc1ccc(S(C)(=O)=O)cc1N. The van der Waals surface area contributed by atoms with Crippen LogP contribution < -0.4 is 16.9 Å². The Balaban J connectivity index is 2.44. The molecule has 3 N–H and O–H groups in total. The summed E-state index contributed by atoms with van der Waals surface area (Å²) in [5, 5.41) is 2.55. The molecule has 10 heteroatoms. The molecule has 0 fully saturated rings. The van der Waals surface area contributed by atoms with Gasteiger partial charge in [-0.3, -0.25) is 19.4 Å². The maximum absolute atomic E-state index is 11.4. The highest BCUT2D eigenvalue weighted by atomic mass is 32.2. The van der Waals surface area contributed by atoms with E-state index in [1.807, 2.05) is 0 Å². The lowest BCUT2D eigenvalue weighted by Gasteiger charge is -2.09. The summed E-state index contributed by atoms with van der Waals surface area (Å²) in [7, 11) is -1.82. The molecule has 1 heterocycles. The summed E-state index contributed by atoms with van der Waals surface area (Å²) >= 11 is 1.04. The van der Waals surface area contributed by atoms with Gasteiger partial charge in [0.15, 0.2) is 15.0 Å². The fourth-order valence-electron chi connectivity index (χ4n) is 1.50. The number of rotatable bonds is 3. The summed E-state index contributed by atoms with van der Waals surface area (Å²) in [6, 6.07) is 4.27. The molecule has 0 bridgehead atoms. The van der Waals surface area contributed by atoms with E-state index in [1.165, 1.54) is 29.9 Å². The number of aromatic amines is 1. The number of nitrogen functional groups attached to an aromatic ring is 1. The monoisotopic (exact) mass is 328 g/mol. The minimum atomic E-state index is -3.34. The predicted octanol–water partition coefficient (Wildman–Crippen LogP) is -0.395. The minimum absolute atomic E-state index is 0.104. The van der Waals surface area contributed by atoms with Crippen LogP contribution in [0.15, 0.2) is 42.7 Å². The average molecular weight is 328 g/mol. The molecule has 8 nitrogen and oxygen atoms in total. The molecule has 0 saturated heterocycles. The van der Waals surface area contributed by atoms with Gasteiger partial charge in [-0.1, -0.05) is 0 Å². The van der Waals surface area contributed by atoms with Gasteiger partial charge in [0.2, 0.25) is 0 Å². The minimum Gasteiger partial charge on any atom is -0.398 e. The molecule has 1 aromatic carbocycles. The second kappa shape index (κ2) is 5.37. The summed E-state index contributed by atoms with van der Waals surface area (Å²) in [4.78, 5) is 26.6. The number of H-pyrrole nitrogens is 1. The number of hydrogen-bond donors (Lipinski definition) is 2. The molecule has 112 valence electrons. The number of nitrogens with zero attached hydrogens (tertiary/aromatic N) is 2. The number of aryl methyl sites for hydroxylation is 1. The summed E-state index contributed by atoms with van der Waals surface area (Å²) in [6.07, 6.45) is 1.09. The van der Waals surface area contributed by atoms with Gasteiger partial charge in [0.25, 0.3) is 0 Å². The van der Waals surface area contributed by atoms with E-state index in [-0.39, 0.29) is 15.7 Å². The van der Waals surface area contributed by atoms with Crippen molar-refractivity contribution in [2.45, 2.75) is 14.9 Å². The average Bonchev–Trinajstić information content (AvgIpc) is 2.36. The fourth-order valence-corrected chi connectivity index (χ4v) is 2.98. The predicted molar refractivity (Wildman–Crippen MR) is 78.2 cm³/mol. The summed E-state index contributed by atoms with van der Waals surface area (Å²) in [5.41, 5.74) is 4.33. The first-order valence-electron chi connectivity index (χ1n) is 5.63. The first-order chi connectivity index (χ1) is 9.68. The third-order valence-corrected chi connectivity index (χ3v) is 4.81. The largest absolute Gasteiger partial charge is 0.398 e. The number of nitrogens with two attached hydrogens (primary N) is 1. The van der Waals surface area contributed by atoms with Gasteiger partial charge in [-0.2, -0.15) is 4.98 Å². The van der Waals surface area contributed by atoms with Crippen LogP contribution >= 0.6 is 11.8 Å². The Hall–Kier alpha value is -2.07. The van der Waals surface area contributed by atoms with Crippen LogP contribution in [0, 0.1) is 0 Å². The third-order valence-electron chi connectivity index (χ3n) is 2.56. The van der Waals surface area contributed by atoms with Crippen LogP contribution in [-0.4, -0.2) is 29.4 Å². The Labute approximate surface area is 123 Å². The van der Waals surface area contributed by atoms with E-state index < -0.39 is 21.0 Å². The molecule has 0 aliphatic heterocycles. The van der Waals surface area contributed by atoms with Crippen molar-refractivity contribution in [3.8, 4) is 0 Å². The molecule has 2 rings (SSSR count). The highest BCUT2D eigenvalue weighted by Crippen LogP contribution is 2.31. The number of nitrogens with one attached hydrogen (secondary N) is 1. The van der Waals surface area contributed by atoms with Gasteiger partial charge in [0.1, 0.15) is 0 Å². The topological polar surface area (TPSA) is 128 Å². The summed E-state index contributed by atoms with van der Waals surface area (Å²) in [6.45, 7) is 0. The standard InChI is InChI=1S/C11H12N4O4S2/c1-15-11(13-9(16)10(17)14-15)20-8-4-3-6(5-7(8)12)21(2,18)19/h3-5H,12H2,1-2H3,(H,14,17). The van der Waals surface area contributed by atoms with E-state index in [9.17, 15) is 18.0 Å². The Kier molecular flexibility index (Phi) is 3.92. The van der Waals surface area contributed by atoms with Gasteiger partial charge >= 0.3 is 11.1 Å². The number of benzene rings is 1. The number of sulfone groups is 1. The van der Waals surface area contributed by atoms with Crippen LogP contribution in [0.3, 0.4) is 0 Å². The molecule has 21 heavy (non-hydrogen) atoms. The maximum atomic E-state index is 11.4. The van der Waals surface area contributed by atoms with Gasteiger partial charge < -0.3 is 5.73 Å². The first kappa shape index (κ1) is 15.3. The van der Waals surface area contributed by atoms with Crippen LogP contribution in [-0.2, 0) is 16.9 Å². The Morgan fingerprint density at radius 2 is 2.00 bits per heavy atom. The quantitative estimate of drug-likeness (QED) is 0.580. The van der Waals surface area contributed by atoms with Gasteiger partial charge in [-0.25, -0.2) is 8.42 Å². The zero-order valence-electron chi connectivity index (χ0n) is 11.2. The van der Waals surface area contributed by atoms with E-state index >= 15 is 0 Å². The van der Waals surface area contributed by atoms with Crippen LogP contribution in [0.5, 0.6) is 0 Å².